The van der Waals surface area contributed by atoms with Gasteiger partial charge in [0.1, 0.15) is 17.8 Å². The highest BCUT2D eigenvalue weighted by Crippen LogP contribution is 2.23. The second-order valence-electron chi connectivity index (χ2n) is 3.98. The Morgan fingerprint density at radius 3 is 2.72 bits per heavy atom. The molecule has 4 nitrogen and oxygen atoms in total. The minimum atomic E-state index is -0.260. The zero-order chi connectivity index (χ0) is 12.5. The third kappa shape index (κ3) is 1.74. The van der Waals surface area contributed by atoms with Crippen molar-refractivity contribution in [3.8, 4) is 11.1 Å². The minimum Gasteiger partial charge on any atom is -0.325 e. The van der Waals surface area contributed by atoms with E-state index in [0.29, 0.717) is 6.54 Å². The van der Waals surface area contributed by atoms with Crippen LogP contribution in [0.2, 0.25) is 0 Å². The number of imidazole rings is 1. The van der Waals surface area contributed by atoms with Crippen LogP contribution in [0.5, 0.6) is 0 Å². The van der Waals surface area contributed by atoms with Gasteiger partial charge in [0, 0.05) is 24.5 Å². The first kappa shape index (κ1) is 10.9. The highest BCUT2D eigenvalue weighted by Gasteiger charge is 2.08. The Morgan fingerprint density at radius 2 is 2.00 bits per heavy atom. The third-order valence-corrected chi connectivity index (χ3v) is 2.78. The zero-order valence-corrected chi connectivity index (χ0v) is 9.55. The molecular weight excluding hydrogens is 231 g/mol. The Bertz CT molecular complexity index is 688. The molecule has 0 aliphatic carbocycles. The van der Waals surface area contributed by atoms with Gasteiger partial charge in [0.2, 0.25) is 0 Å². The van der Waals surface area contributed by atoms with Gasteiger partial charge in [0.05, 0.1) is 5.69 Å². The molecule has 0 fully saturated rings. The number of hydrogen-bond donors (Lipinski definition) is 1. The number of nitrogens with two attached hydrogens (primary N) is 1. The number of nitrogens with zero attached hydrogens (tertiary/aromatic N) is 3. The quantitative estimate of drug-likeness (QED) is 0.747. The minimum absolute atomic E-state index is 0.260. The van der Waals surface area contributed by atoms with Crippen molar-refractivity contribution in [3.05, 3.63) is 54.5 Å². The summed E-state index contributed by atoms with van der Waals surface area (Å²) in [5.41, 5.74) is 8.89. The van der Waals surface area contributed by atoms with Crippen molar-refractivity contribution < 1.29 is 4.39 Å². The summed E-state index contributed by atoms with van der Waals surface area (Å²) in [5, 5.41) is 0. The number of benzene rings is 1. The van der Waals surface area contributed by atoms with Crippen molar-refractivity contribution in [1.82, 2.24) is 14.4 Å². The summed E-state index contributed by atoms with van der Waals surface area (Å²) < 4.78 is 14.7. The molecular formula is C13H11FN4. The molecule has 90 valence electrons. The second kappa shape index (κ2) is 4.19. The van der Waals surface area contributed by atoms with Gasteiger partial charge in [-0.3, -0.25) is 4.40 Å². The van der Waals surface area contributed by atoms with E-state index >= 15 is 0 Å². The van der Waals surface area contributed by atoms with Crippen molar-refractivity contribution >= 4 is 5.65 Å². The Hall–Kier alpha value is -2.27. The number of hydrogen-bond acceptors (Lipinski definition) is 3. The molecule has 0 bridgehead atoms. The molecule has 0 spiro atoms. The monoisotopic (exact) mass is 242 g/mol. The number of rotatable bonds is 2. The lowest BCUT2D eigenvalue weighted by molar-refractivity contribution is 0.628. The predicted octanol–water partition coefficient (Wildman–Crippen LogP) is 1.99. The molecule has 0 saturated carbocycles. The van der Waals surface area contributed by atoms with Gasteiger partial charge in [-0.15, -0.1) is 0 Å². The number of aromatic nitrogens is 3. The number of fused-ring (bicyclic) bond motifs is 1. The highest BCUT2D eigenvalue weighted by atomic mass is 19.1. The van der Waals surface area contributed by atoms with Crippen molar-refractivity contribution in [2.75, 3.05) is 0 Å². The van der Waals surface area contributed by atoms with E-state index in [-0.39, 0.29) is 5.82 Å². The molecule has 0 unspecified atom stereocenters. The molecule has 18 heavy (non-hydrogen) atoms. The first-order valence-corrected chi connectivity index (χ1v) is 5.55. The van der Waals surface area contributed by atoms with Gasteiger partial charge in [-0.1, -0.05) is 12.1 Å². The lowest BCUT2D eigenvalue weighted by atomic mass is 10.1. The molecule has 0 amide bonds. The van der Waals surface area contributed by atoms with Gasteiger partial charge in [0.25, 0.3) is 0 Å². The molecule has 0 aliphatic heterocycles. The van der Waals surface area contributed by atoms with E-state index in [9.17, 15) is 4.39 Å². The molecule has 3 rings (SSSR count). The summed E-state index contributed by atoms with van der Waals surface area (Å²) >= 11 is 0. The van der Waals surface area contributed by atoms with Crippen molar-refractivity contribution in [2.24, 2.45) is 5.73 Å². The molecule has 5 heteroatoms. The summed E-state index contributed by atoms with van der Waals surface area (Å²) in [5.74, 6) is -0.260. The average Bonchev–Trinajstić information content (AvgIpc) is 2.82. The molecule has 0 atom stereocenters. The van der Waals surface area contributed by atoms with Crippen LogP contribution in [0.25, 0.3) is 16.8 Å². The fourth-order valence-corrected chi connectivity index (χ4v) is 1.90. The lowest BCUT2D eigenvalue weighted by Gasteiger charge is -2.02. The first-order valence-electron chi connectivity index (χ1n) is 5.55. The van der Waals surface area contributed by atoms with Crippen LogP contribution in [0.15, 0.2) is 43.0 Å². The first-order chi connectivity index (χ1) is 8.78. The van der Waals surface area contributed by atoms with Crippen molar-refractivity contribution in [2.45, 2.75) is 6.54 Å². The summed E-state index contributed by atoms with van der Waals surface area (Å²) in [6.45, 7) is 0.380. The predicted molar refractivity (Wildman–Crippen MR) is 66.3 cm³/mol. The van der Waals surface area contributed by atoms with Crippen LogP contribution in [-0.2, 0) is 6.54 Å². The zero-order valence-electron chi connectivity index (χ0n) is 9.55. The van der Waals surface area contributed by atoms with Gasteiger partial charge in [0.15, 0.2) is 0 Å². The molecule has 2 heterocycles. The maximum atomic E-state index is 12.9. The topological polar surface area (TPSA) is 56.2 Å². The molecule has 0 radical (unpaired) electrons. The Kier molecular flexibility index (Phi) is 2.53. The molecule has 1 aromatic carbocycles. The van der Waals surface area contributed by atoms with Crippen LogP contribution < -0.4 is 5.73 Å². The van der Waals surface area contributed by atoms with E-state index in [4.69, 9.17) is 5.73 Å². The summed E-state index contributed by atoms with van der Waals surface area (Å²) in [6, 6.07) is 6.27. The smallest absolute Gasteiger partial charge is 0.147 e. The standard InChI is InChI=1S/C13H11FN4/c14-10-3-1-9(2-4-10)12-6-16-8-18-7-11(5-15)17-13(12)18/h1-4,6-8H,5,15H2. The molecule has 0 aliphatic rings. The lowest BCUT2D eigenvalue weighted by Crippen LogP contribution is -1.95. The van der Waals surface area contributed by atoms with Crippen molar-refractivity contribution in [1.29, 1.82) is 0 Å². The van der Waals surface area contributed by atoms with Gasteiger partial charge in [-0.2, -0.15) is 0 Å². The molecule has 2 aromatic heterocycles. The van der Waals surface area contributed by atoms with Gasteiger partial charge < -0.3 is 5.73 Å². The fraction of sp³-hybridized carbons (Fsp3) is 0.0769. The summed E-state index contributed by atoms with van der Waals surface area (Å²) in [7, 11) is 0. The van der Waals surface area contributed by atoms with Crippen LogP contribution >= 0.6 is 0 Å². The van der Waals surface area contributed by atoms with Crippen LogP contribution in [-0.4, -0.2) is 14.4 Å². The van der Waals surface area contributed by atoms with Gasteiger partial charge >= 0.3 is 0 Å². The van der Waals surface area contributed by atoms with Gasteiger partial charge in [-0.05, 0) is 17.7 Å². The van der Waals surface area contributed by atoms with E-state index in [0.717, 1.165) is 22.5 Å². The van der Waals surface area contributed by atoms with Crippen LogP contribution in [0.1, 0.15) is 5.69 Å². The van der Waals surface area contributed by atoms with Crippen molar-refractivity contribution in [3.63, 3.8) is 0 Å². The van der Waals surface area contributed by atoms with E-state index in [1.807, 2.05) is 10.6 Å². The van der Waals surface area contributed by atoms with Gasteiger partial charge in [-0.25, -0.2) is 14.4 Å². The van der Waals surface area contributed by atoms with E-state index in [1.165, 1.54) is 12.1 Å². The van der Waals surface area contributed by atoms with E-state index < -0.39 is 0 Å². The van der Waals surface area contributed by atoms with Crippen LogP contribution in [0.3, 0.4) is 0 Å². The van der Waals surface area contributed by atoms with E-state index in [2.05, 4.69) is 9.97 Å². The molecule has 3 aromatic rings. The average molecular weight is 242 g/mol. The third-order valence-electron chi connectivity index (χ3n) is 2.78. The van der Waals surface area contributed by atoms with Crippen LogP contribution in [0.4, 0.5) is 4.39 Å². The summed E-state index contributed by atoms with van der Waals surface area (Å²) in [4.78, 5) is 8.58. The number of halogens is 1. The second-order valence-corrected chi connectivity index (χ2v) is 3.98. The molecule has 2 N–H and O–H groups in total. The highest BCUT2D eigenvalue weighted by molar-refractivity contribution is 5.76. The van der Waals surface area contributed by atoms with E-state index in [1.54, 1.807) is 24.7 Å². The Labute approximate surface area is 103 Å². The Morgan fingerprint density at radius 1 is 1.22 bits per heavy atom. The molecule has 0 saturated heterocycles. The fourth-order valence-electron chi connectivity index (χ4n) is 1.90. The Balaban J connectivity index is 2.22. The van der Waals surface area contributed by atoms with Crippen LogP contribution in [0, 0.1) is 5.82 Å². The maximum Gasteiger partial charge on any atom is 0.147 e. The maximum absolute atomic E-state index is 12.9. The SMILES string of the molecule is NCc1cn2cncc(-c3ccc(F)cc3)c2n1. The summed E-state index contributed by atoms with van der Waals surface area (Å²) in [6.07, 6.45) is 5.24. The largest absolute Gasteiger partial charge is 0.325 e. The normalized spacial score (nSPS) is 11.0.